The van der Waals surface area contributed by atoms with Crippen LogP contribution >= 0.6 is 23.2 Å². The number of aliphatic hydroxyl groups excluding tert-OH is 1. The fourth-order valence-electron chi connectivity index (χ4n) is 5.11. The van der Waals surface area contributed by atoms with E-state index in [2.05, 4.69) is 15.5 Å². The van der Waals surface area contributed by atoms with E-state index in [1.807, 2.05) is 26.1 Å². The predicted octanol–water partition coefficient (Wildman–Crippen LogP) is 5.72. The monoisotopic (exact) mass is 628 g/mol. The van der Waals surface area contributed by atoms with Crippen LogP contribution in [0.2, 0.25) is 10.0 Å². The van der Waals surface area contributed by atoms with Gasteiger partial charge in [0.25, 0.3) is 5.91 Å². The molecule has 3 aromatic carbocycles. The van der Waals surface area contributed by atoms with Gasteiger partial charge in [0.05, 0.1) is 28.3 Å². The Bertz CT molecular complexity index is 1510. The van der Waals surface area contributed by atoms with E-state index < -0.39 is 12.1 Å². The number of benzene rings is 3. The summed E-state index contributed by atoms with van der Waals surface area (Å²) in [5, 5.41) is 16.5. The van der Waals surface area contributed by atoms with Gasteiger partial charge in [-0.15, -0.1) is 0 Å². The number of halogens is 2. The van der Waals surface area contributed by atoms with Crippen LogP contribution in [0.4, 0.5) is 16.2 Å². The summed E-state index contributed by atoms with van der Waals surface area (Å²) in [6, 6.07) is 14.7. The van der Waals surface area contributed by atoms with Gasteiger partial charge in [-0.25, -0.2) is 4.79 Å². The zero-order valence-electron chi connectivity index (χ0n) is 24.1. The highest BCUT2D eigenvalue weighted by Crippen LogP contribution is 2.35. The van der Waals surface area contributed by atoms with E-state index in [4.69, 9.17) is 37.4 Å². The molecule has 0 bridgehead atoms. The molecule has 43 heavy (non-hydrogen) atoms. The molecule has 0 aliphatic carbocycles. The third kappa shape index (κ3) is 7.27. The number of carbonyl (C=O) groups excluding carboxylic acids is 2. The maximum atomic E-state index is 13.7. The Morgan fingerprint density at radius 3 is 2.44 bits per heavy atom. The van der Waals surface area contributed by atoms with Crippen LogP contribution in [0.15, 0.2) is 54.6 Å². The summed E-state index contributed by atoms with van der Waals surface area (Å²) in [7, 11) is 1.99. The van der Waals surface area contributed by atoms with Crippen molar-refractivity contribution in [3.05, 3.63) is 75.8 Å². The Labute approximate surface area is 260 Å². The summed E-state index contributed by atoms with van der Waals surface area (Å²) in [5.74, 6) is 1.23. The van der Waals surface area contributed by atoms with Crippen molar-refractivity contribution in [2.45, 2.75) is 32.5 Å². The van der Waals surface area contributed by atoms with Crippen molar-refractivity contribution in [2.24, 2.45) is 5.92 Å². The van der Waals surface area contributed by atoms with Crippen LogP contribution in [-0.4, -0.2) is 72.5 Å². The van der Waals surface area contributed by atoms with E-state index in [0.29, 0.717) is 63.9 Å². The number of likely N-dealkylation sites (N-methyl/N-ethyl adjacent to an activating group) is 1. The summed E-state index contributed by atoms with van der Waals surface area (Å²) in [4.78, 5) is 30.3. The smallest absolute Gasteiger partial charge is 0.323 e. The van der Waals surface area contributed by atoms with Gasteiger partial charge in [-0.05, 0) is 62.0 Å². The van der Waals surface area contributed by atoms with Gasteiger partial charge in [0.1, 0.15) is 11.9 Å². The van der Waals surface area contributed by atoms with Gasteiger partial charge in [0.2, 0.25) is 6.79 Å². The number of amides is 3. The minimum Gasteiger partial charge on any atom is -0.488 e. The zero-order valence-corrected chi connectivity index (χ0v) is 25.6. The highest BCUT2D eigenvalue weighted by atomic mass is 35.5. The van der Waals surface area contributed by atoms with E-state index >= 15 is 0 Å². The molecule has 0 unspecified atom stereocenters. The maximum Gasteiger partial charge on any atom is 0.323 e. The molecule has 3 amide bonds. The highest BCUT2D eigenvalue weighted by molar-refractivity contribution is 6.42. The van der Waals surface area contributed by atoms with Crippen molar-refractivity contribution in [1.29, 1.82) is 0 Å². The molecule has 12 heteroatoms. The van der Waals surface area contributed by atoms with Crippen LogP contribution in [0.1, 0.15) is 29.8 Å². The van der Waals surface area contributed by atoms with Crippen LogP contribution in [0.3, 0.4) is 0 Å². The molecule has 10 nitrogen and oxygen atoms in total. The maximum absolute atomic E-state index is 13.7. The van der Waals surface area contributed by atoms with Gasteiger partial charge < -0.3 is 34.9 Å². The molecule has 0 spiro atoms. The average Bonchev–Trinajstić information content (AvgIpc) is 3.44. The van der Waals surface area contributed by atoms with Crippen LogP contribution in [-0.2, 0) is 6.54 Å². The number of hydrogen-bond donors (Lipinski definition) is 3. The molecule has 3 atom stereocenters. The number of anilines is 2. The van der Waals surface area contributed by atoms with Gasteiger partial charge in [0, 0.05) is 43.0 Å². The number of rotatable bonds is 8. The van der Waals surface area contributed by atoms with Gasteiger partial charge in [-0.2, -0.15) is 0 Å². The number of hydrogen-bond acceptors (Lipinski definition) is 7. The molecule has 3 N–H and O–H groups in total. The van der Waals surface area contributed by atoms with E-state index in [1.165, 1.54) is 0 Å². The standard InChI is InChI=1S/C31H34Cl2N4O6/c1-18-13-37(19(2)16-38)30(39)23-11-21(34-31(40)35-22-6-9-27-28(12-22)42-17-41-27)5-8-26(23)43-29(18)15-36(3)14-20-4-7-24(32)25(33)10-20/h4-12,18-19,29,38H,13-17H2,1-3H3,(H2,34,35,40)/t18-,19-,29+/m0/s1. The number of carbonyl (C=O) groups is 2. The summed E-state index contributed by atoms with van der Waals surface area (Å²) in [5.41, 5.74) is 2.24. The molecule has 0 fully saturated rings. The molecule has 2 heterocycles. The Morgan fingerprint density at radius 1 is 1.02 bits per heavy atom. The molecule has 0 aromatic heterocycles. The Morgan fingerprint density at radius 2 is 1.72 bits per heavy atom. The SMILES string of the molecule is C[C@H]1CN([C@@H](C)CO)C(=O)c2cc(NC(=O)Nc3ccc4c(c3)OCO4)ccc2O[C@@H]1CN(C)Cc1ccc(Cl)c(Cl)c1. The lowest BCUT2D eigenvalue weighted by molar-refractivity contribution is 0.0341. The topological polar surface area (TPSA) is 113 Å². The van der Waals surface area contributed by atoms with Crippen molar-refractivity contribution in [3.8, 4) is 17.2 Å². The van der Waals surface area contributed by atoms with Crippen molar-refractivity contribution in [2.75, 3.05) is 44.2 Å². The first kappa shape index (κ1) is 30.7. The number of aliphatic hydroxyl groups is 1. The number of ether oxygens (including phenoxy) is 3. The molecule has 5 rings (SSSR count). The number of urea groups is 1. The molecule has 0 saturated carbocycles. The van der Waals surface area contributed by atoms with Gasteiger partial charge >= 0.3 is 6.03 Å². The second-order valence-electron chi connectivity index (χ2n) is 10.9. The van der Waals surface area contributed by atoms with Crippen LogP contribution in [0.25, 0.3) is 0 Å². The first-order valence-electron chi connectivity index (χ1n) is 13.9. The van der Waals surface area contributed by atoms with E-state index in [0.717, 1.165) is 5.56 Å². The fourth-order valence-corrected chi connectivity index (χ4v) is 5.43. The molecule has 2 aliphatic heterocycles. The fraction of sp³-hybridized carbons (Fsp3) is 0.355. The van der Waals surface area contributed by atoms with E-state index in [-0.39, 0.29) is 31.3 Å². The number of nitrogens with one attached hydrogen (secondary N) is 2. The molecule has 0 radical (unpaired) electrons. The second kappa shape index (κ2) is 13.3. The highest BCUT2D eigenvalue weighted by Gasteiger charge is 2.33. The molecule has 0 saturated heterocycles. The Balaban J connectivity index is 1.34. The number of fused-ring (bicyclic) bond motifs is 2. The first-order valence-corrected chi connectivity index (χ1v) is 14.7. The Hall–Kier alpha value is -3.70. The van der Waals surface area contributed by atoms with E-state index in [9.17, 15) is 14.7 Å². The minimum atomic E-state index is -0.492. The van der Waals surface area contributed by atoms with Crippen LogP contribution in [0.5, 0.6) is 17.2 Å². The van der Waals surface area contributed by atoms with Gasteiger partial charge in [-0.3, -0.25) is 9.69 Å². The van der Waals surface area contributed by atoms with Crippen LogP contribution < -0.4 is 24.8 Å². The third-order valence-electron chi connectivity index (χ3n) is 7.48. The average molecular weight is 630 g/mol. The summed E-state index contributed by atoms with van der Waals surface area (Å²) in [6.45, 7) is 5.35. The molecule has 228 valence electrons. The Kier molecular flexibility index (Phi) is 9.51. The molecular weight excluding hydrogens is 595 g/mol. The normalized spacial score (nSPS) is 18.4. The van der Waals surface area contributed by atoms with Crippen molar-refractivity contribution < 1.29 is 28.9 Å². The van der Waals surface area contributed by atoms with Crippen molar-refractivity contribution in [1.82, 2.24) is 9.80 Å². The lowest BCUT2D eigenvalue weighted by Gasteiger charge is -2.38. The lowest BCUT2D eigenvalue weighted by atomic mass is 9.99. The summed E-state index contributed by atoms with van der Waals surface area (Å²) < 4.78 is 17.2. The summed E-state index contributed by atoms with van der Waals surface area (Å²) in [6.07, 6.45) is -0.277. The number of nitrogens with zero attached hydrogens (tertiary/aromatic N) is 2. The van der Waals surface area contributed by atoms with Gasteiger partial charge in [0.15, 0.2) is 11.5 Å². The first-order chi connectivity index (χ1) is 20.6. The third-order valence-corrected chi connectivity index (χ3v) is 8.22. The lowest BCUT2D eigenvalue weighted by Crippen LogP contribution is -2.49. The van der Waals surface area contributed by atoms with Crippen molar-refractivity contribution >= 4 is 46.5 Å². The van der Waals surface area contributed by atoms with E-state index in [1.54, 1.807) is 54.3 Å². The zero-order chi connectivity index (χ0) is 30.7. The predicted molar refractivity (Wildman–Crippen MR) is 166 cm³/mol. The van der Waals surface area contributed by atoms with Gasteiger partial charge in [-0.1, -0.05) is 36.2 Å². The molecule has 2 aliphatic rings. The largest absolute Gasteiger partial charge is 0.488 e. The van der Waals surface area contributed by atoms with Crippen LogP contribution in [0, 0.1) is 5.92 Å². The summed E-state index contributed by atoms with van der Waals surface area (Å²) >= 11 is 12.3. The molecule has 3 aromatic rings. The minimum absolute atomic E-state index is 0.0485. The van der Waals surface area contributed by atoms with Crippen molar-refractivity contribution in [3.63, 3.8) is 0 Å². The second-order valence-corrected chi connectivity index (χ2v) is 11.7. The quantitative estimate of drug-likeness (QED) is 0.292. The molecular formula is C31H34Cl2N4O6.